The molecule has 1 N–H and O–H groups in total. The summed E-state index contributed by atoms with van der Waals surface area (Å²) in [5.74, 6) is 0.617. The molecular formula is C14H14N6. The van der Waals surface area contributed by atoms with E-state index < -0.39 is 0 Å². The van der Waals surface area contributed by atoms with Crippen LogP contribution in [0, 0.1) is 22.7 Å². The summed E-state index contributed by atoms with van der Waals surface area (Å²) in [4.78, 5) is 8.28. The van der Waals surface area contributed by atoms with Crippen LogP contribution in [-0.2, 0) is 0 Å². The molecule has 2 rings (SSSR count). The van der Waals surface area contributed by atoms with E-state index >= 15 is 0 Å². The normalized spacial score (nSPS) is 11.6. The Kier molecular flexibility index (Phi) is 4.09. The van der Waals surface area contributed by atoms with Crippen LogP contribution >= 0.6 is 0 Å². The second kappa shape index (κ2) is 5.96. The SMILES string of the molecule is CCNC(C)c1cccnc1-n1cnc(C#N)c1C#N. The van der Waals surface area contributed by atoms with Gasteiger partial charge in [0.05, 0.1) is 0 Å². The molecule has 0 aliphatic carbocycles. The number of aromatic nitrogens is 3. The van der Waals surface area contributed by atoms with E-state index in [-0.39, 0.29) is 17.4 Å². The summed E-state index contributed by atoms with van der Waals surface area (Å²) in [7, 11) is 0. The van der Waals surface area contributed by atoms with Crippen molar-refractivity contribution in [2.75, 3.05) is 6.54 Å². The maximum Gasteiger partial charge on any atom is 0.177 e. The fourth-order valence-corrected chi connectivity index (χ4v) is 2.06. The maximum atomic E-state index is 9.21. The summed E-state index contributed by atoms with van der Waals surface area (Å²) in [5.41, 5.74) is 1.27. The van der Waals surface area contributed by atoms with Crippen molar-refractivity contribution >= 4 is 0 Å². The minimum Gasteiger partial charge on any atom is -0.310 e. The Balaban J connectivity index is 2.57. The molecule has 20 heavy (non-hydrogen) atoms. The number of nitrogens with one attached hydrogen (secondary N) is 1. The lowest BCUT2D eigenvalue weighted by atomic mass is 10.1. The van der Waals surface area contributed by atoms with Gasteiger partial charge in [-0.15, -0.1) is 0 Å². The quantitative estimate of drug-likeness (QED) is 0.909. The standard InChI is InChI=1S/C14H14N6/c1-3-17-10(2)11-5-4-6-18-14(11)20-9-19-12(7-15)13(20)8-16/h4-6,9-10,17H,3H2,1-2H3. The summed E-state index contributed by atoms with van der Waals surface area (Å²) in [6.45, 7) is 4.88. The second-order valence-corrected chi connectivity index (χ2v) is 4.23. The zero-order valence-corrected chi connectivity index (χ0v) is 11.3. The van der Waals surface area contributed by atoms with Crippen LogP contribution in [0.15, 0.2) is 24.7 Å². The van der Waals surface area contributed by atoms with Crippen molar-refractivity contribution in [2.24, 2.45) is 0 Å². The average Bonchev–Trinajstić information content (AvgIpc) is 2.90. The van der Waals surface area contributed by atoms with Crippen molar-refractivity contribution < 1.29 is 0 Å². The van der Waals surface area contributed by atoms with E-state index in [0.717, 1.165) is 12.1 Å². The molecule has 2 heterocycles. The molecule has 1 atom stereocenters. The molecule has 2 aromatic heterocycles. The third-order valence-electron chi connectivity index (χ3n) is 3.00. The molecule has 2 aromatic rings. The first-order valence-electron chi connectivity index (χ1n) is 6.29. The van der Waals surface area contributed by atoms with Crippen molar-refractivity contribution in [1.82, 2.24) is 19.9 Å². The van der Waals surface area contributed by atoms with Crippen LogP contribution in [0.25, 0.3) is 5.82 Å². The van der Waals surface area contributed by atoms with Crippen LogP contribution in [0.3, 0.4) is 0 Å². The van der Waals surface area contributed by atoms with Gasteiger partial charge in [-0.1, -0.05) is 13.0 Å². The molecule has 0 saturated carbocycles. The van der Waals surface area contributed by atoms with Gasteiger partial charge >= 0.3 is 0 Å². The fourth-order valence-electron chi connectivity index (χ4n) is 2.06. The van der Waals surface area contributed by atoms with Gasteiger partial charge in [0, 0.05) is 17.8 Å². The van der Waals surface area contributed by atoms with Gasteiger partial charge in [-0.3, -0.25) is 4.57 Å². The Morgan fingerprint density at radius 1 is 1.35 bits per heavy atom. The minimum absolute atomic E-state index is 0.0863. The van der Waals surface area contributed by atoms with Crippen molar-refractivity contribution in [2.45, 2.75) is 19.9 Å². The summed E-state index contributed by atoms with van der Waals surface area (Å²) >= 11 is 0. The topological polar surface area (TPSA) is 90.3 Å². The summed E-state index contributed by atoms with van der Waals surface area (Å²) in [6, 6.07) is 7.80. The van der Waals surface area contributed by atoms with Crippen LogP contribution in [0.4, 0.5) is 0 Å². The van der Waals surface area contributed by atoms with E-state index in [0.29, 0.717) is 5.82 Å². The van der Waals surface area contributed by atoms with E-state index in [4.69, 9.17) is 5.26 Å². The maximum absolute atomic E-state index is 9.21. The zero-order chi connectivity index (χ0) is 14.5. The smallest absolute Gasteiger partial charge is 0.177 e. The fraction of sp³-hybridized carbons (Fsp3) is 0.286. The van der Waals surface area contributed by atoms with Crippen LogP contribution in [0.2, 0.25) is 0 Å². The molecule has 0 saturated heterocycles. The Hall–Kier alpha value is -2.70. The van der Waals surface area contributed by atoms with E-state index in [1.165, 1.54) is 6.33 Å². The van der Waals surface area contributed by atoms with Crippen molar-refractivity contribution in [1.29, 1.82) is 10.5 Å². The molecule has 1 unspecified atom stereocenters. The lowest BCUT2D eigenvalue weighted by Crippen LogP contribution is -2.20. The molecule has 0 amide bonds. The number of nitrogens with zero attached hydrogens (tertiary/aromatic N) is 5. The summed E-state index contributed by atoms with van der Waals surface area (Å²) in [6.07, 6.45) is 3.12. The van der Waals surface area contributed by atoms with Crippen LogP contribution < -0.4 is 5.32 Å². The minimum atomic E-state index is 0.0863. The third-order valence-corrected chi connectivity index (χ3v) is 3.00. The molecule has 0 aliphatic rings. The molecule has 0 radical (unpaired) electrons. The molecular weight excluding hydrogens is 252 g/mol. The van der Waals surface area contributed by atoms with Gasteiger partial charge in [-0.25, -0.2) is 9.97 Å². The highest BCUT2D eigenvalue weighted by Gasteiger charge is 2.17. The lowest BCUT2D eigenvalue weighted by molar-refractivity contribution is 0.592. The summed E-state index contributed by atoms with van der Waals surface area (Å²) in [5, 5.41) is 21.5. The largest absolute Gasteiger partial charge is 0.310 e. The first-order valence-corrected chi connectivity index (χ1v) is 6.29. The van der Waals surface area contributed by atoms with E-state index in [1.54, 1.807) is 10.8 Å². The molecule has 0 bridgehead atoms. The first kappa shape index (κ1) is 13.7. The van der Waals surface area contributed by atoms with Gasteiger partial charge in [-0.05, 0) is 19.5 Å². The molecule has 0 spiro atoms. The first-order chi connectivity index (χ1) is 9.72. The number of nitriles is 2. The predicted octanol–water partition coefficient (Wildman–Crippen LogP) is 1.68. The molecule has 6 nitrogen and oxygen atoms in total. The Bertz CT molecular complexity index is 688. The summed E-state index contributed by atoms with van der Waals surface area (Å²) < 4.78 is 1.56. The van der Waals surface area contributed by atoms with Crippen LogP contribution in [0.1, 0.15) is 36.8 Å². The molecule has 0 aliphatic heterocycles. The zero-order valence-electron chi connectivity index (χ0n) is 11.3. The molecule has 100 valence electrons. The van der Waals surface area contributed by atoms with Crippen molar-refractivity contribution in [3.63, 3.8) is 0 Å². The highest BCUT2D eigenvalue weighted by Crippen LogP contribution is 2.21. The predicted molar refractivity (Wildman–Crippen MR) is 72.9 cm³/mol. The number of imidazole rings is 1. The number of hydrogen-bond donors (Lipinski definition) is 1. The second-order valence-electron chi connectivity index (χ2n) is 4.23. The van der Waals surface area contributed by atoms with Gasteiger partial charge < -0.3 is 5.32 Å². The lowest BCUT2D eigenvalue weighted by Gasteiger charge is -2.16. The van der Waals surface area contributed by atoms with Gasteiger partial charge in [-0.2, -0.15) is 10.5 Å². The molecule has 6 heteroatoms. The van der Waals surface area contributed by atoms with Crippen molar-refractivity contribution in [3.8, 4) is 18.0 Å². The Labute approximate surface area is 117 Å². The number of pyridine rings is 1. The Morgan fingerprint density at radius 2 is 2.15 bits per heavy atom. The van der Waals surface area contributed by atoms with E-state index in [1.807, 2.05) is 38.1 Å². The van der Waals surface area contributed by atoms with Crippen LogP contribution in [-0.4, -0.2) is 21.1 Å². The highest BCUT2D eigenvalue weighted by molar-refractivity contribution is 5.45. The molecule has 0 fully saturated rings. The van der Waals surface area contributed by atoms with Gasteiger partial charge in [0.25, 0.3) is 0 Å². The third kappa shape index (κ3) is 2.37. The van der Waals surface area contributed by atoms with E-state index in [2.05, 4.69) is 15.3 Å². The molecule has 0 aromatic carbocycles. The van der Waals surface area contributed by atoms with Gasteiger partial charge in [0.1, 0.15) is 24.3 Å². The Morgan fingerprint density at radius 3 is 2.80 bits per heavy atom. The van der Waals surface area contributed by atoms with Crippen LogP contribution in [0.5, 0.6) is 0 Å². The highest BCUT2D eigenvalue weighted by atomic mass is 15.1. The van der Waals surface area contributed by atoms with E-state index in [9.17, 15) is 5.26 Å². The van der Waals surface area contributed by atoms with Gasteiger partial charge in [0.15, 0.2) is 11.4 Å². The number of rotatable bonds is 4. The number of hydrogen-bond acceptors (Lipinski definition) is 5. The average molecular weight is 266 g/mol. The monoisotopic (exact) mass is 266 g/mol. The van der Waals surface area contributed by atoms with Gasteiger partial charge in [0.2, 0.25) is 0 Å². The van der Waals surface area contributed by atoms with Crippen molar-refractivity contribution in [3.05, 3.63) is 41.6 Å².